The van der Waals surface area contributed by atoms with Crippen molar-refractivity contribution in [2.75, 3.05) is 5.73 Å². The van der Waals surface area contributed by atoms with Crippen molar-refractivity contribution in [3.8, 4) is 0 Å². The highest BCUT2D eigenvalue weighted by Gasteiger charge is 2.06. The van der Waals surface area contributed by atoms with Gasteiger partial charge in [-0.2, -0.15) is 0 Å². The van der Waals surface area contributed by atoms with Crippen LogP contribution in [0.3, 0.4) is 0 Å². The zero-order chi connectivity index (χ0) is 12.5. The van der Waals surface area contributed by atoms with Crippen LogP contribution in [0.25, 0.3) is 5.52 Å². The Labute approximate surface area is 113 Å². The number of hydrogen-bond acceptors (Lipinski definition) is 2. The molecule has 0 radical (unpaired) electrons. The second-order valence-corrected chi connectivity index (χ2v) is 5.05. The molecule has 2 heterocycles. The average Bonchev–Trinajstić information content (AvgIpc) is 2.74. The summed E-state index contributed by atoms with van der Waals surface area (Å²) in [5.41, 5.74) is 8.77. The largest absolute Gasteiger partial charge is 0.399 e. The van der Waals surface area contributed by atoms with Crippen molar-refractivity contribution in [3.05, 3.63) is 64.7 Å². The Balaban J connectivity index is 2.03. The first-order chi connectivity index (χ1) is 8.74. The summed E-state index contributed by atoms with van der Waals surface area (Å²) in [6.45, 7) is 0. The molecule has 0 unspecified atom stereocenters. The van der Waals surface area contributed by atoms with Gasteiger partial charge in [-0.05, 0) is 23.8 Å². The summed E-state index contributed by atoms with van der Waals surface area (Å²) >= 11 is 3.56. The molecule has 0 aliphatic carbocycles. The highest BCUT2D eigenvalue weighted by Crippen LogP contribution is 2.20. The minimum atomic E-state index is 0.759. The number of anilines is 1. The predicted molar refractivity (Wildman–Crippen MR) is 76.6 cm³/mol. The number of benzene rings is 1. The Kier molecular flexibility index (Phi) is 2.80. The summed E-state index contributed by atoms with van der Waals surface area (Å²) in [5.74, 6) is 1.01. The highest BCUT2D eigenvalue weighted by atomic mass is 79.9. The van der Waals surface area contributed by atoms with Gasteiger partial charge >= 0.3 is 0 Å². The van der Waals surface area contributed by atoms with E-state index in [4.69, 9.17) is 5.73 Å². The fraction of sp³-hybridized carbons (Fsp3) is 0.0714. The van der Waals surface area contributed by atoms with Crippen LogP contribution in [0.1, 0.15) is 11.4 Å². The number of imidazole rings is 1. The van der Waals surface area contributed by atoms with Crippen LogP contribution in [-0.4, -0.2) is 9.38 Å². The zero-order valence-corrected chi connectivity index (χ0v) is 11.3. The molecule has 0 aliphatic rings. The van der Waals surface area contributed by atoms with E-state index in [2.05, 4.69) is 31.4 Å². The van der Waals surface area contributed by atoms with E-state index in [1.165, 1.54) is 5.56 Å². The molecule has 3 rings (SSSR count). The van der Waals surface area contributed by atoms with Gasteiger partial charge in [-0.3, -0.25) is 0 Å². The van der Waals surface area contributed by atoms with Crippen LogP contribution in [-0.2, 0) is 6.42 Å². The molecule has 0 bridgehead atoms. The predicted octanol–water partition coefficient (Wildman–Crippen LogP) is 3.27. The third-order valence-corrected chi connectivity index (χ3v) is 3.71. The Hall–Kier alpha value is -1.81. The van der Waals surface area contributed by atoms with Crippen molar-refractivity contribution in [2.24, 2.45) is 0 Å². The molecule has 90 valence electrons. The molecule has 2 N–H and O–H groups in total. The summed E-state index contributed by atoms with van der Waals surface area (Å²) in [7, 11) is 0. The van der Waals surface area contributed by atoms with Gasteiger partial charge in [0.05, 0.1) is 11.7 Å². The normalized spacial score (nSPS) is 10.9. The van der Waals surface area contributed by atoms with E-state index in [-0.39, 0.29) is 0 Å². The van der Waals surface area contributed by atoms with E-state index in [0.717, 1.165) is 27.9 Å². The zero-order valence-electron chi connectivity index (χ0n) is 9.68. The van der Waals surface area contributed by atoms with E-state index in [9.17, 15) is 0 Å². The van der Waals surface area contributed by atoms with Crippen molar-refractivity contribution < 1.29 is 0 Å². The number of nitrogens with two attached hydrogens (primary N) is 1. The first-order valence-electron chi connectivity index (χ1n) is 5.69. The number of halogens is 1. The highest BCUT2D eigenvalue weighted by molar-refractivity contribution is 9.10. The van der Waals surface area contributed by atoms with Gasteiger partial charge in [0.15, 0.2) is 0 Å². The summed E-state index contributed by atoms with van der Waals surface area (Å²) in [5, 5.41) is 0. The average molecular weight is 302 g/mol. The molecule has 0 spiro atoms. The Morgan fingerprint density at radius 1 is 1.22 bits per heavy atom. The van der Waals surface area contributed by atoms with E-state index < -0.39 is 0 Å². The lowest BCUT2D eigenvalue weighted by molar-refractivity contribution is 0.958. The number of fused-ring (bicyclic) bond motifs is 1. The first kappa shape index (κ1) is 11.3. The Morgan fingerprint density at radius 2 is 2.06 bits per heavy atom. The van der Waals surface area contributed by atoms with Crippen molar-refractivity contribution in [3.63, 3.8) is 0 Å². The molecule has 0 fully saturated rings. The lowest BCUT2D eigenvalue weighted by atomic mass is 10.1. The molecule has 3 nitrogen and oxygen atoms in total. The second kappa shape index (κ2) is 4.46. The van der Waals surface area contributed by atoms with E-state index in [1.54, 1.807) is 0 Å². The first-order valence-corrected chi connectivity index (χ1v) is 6.48. The number of hydrogen-bond donors (Lipinski definition) is 1. The monoisotopic (exact) mass is 301 g/mol. The molecule has 0 atom stereocenters. The number of aromatic nitrogens is 2. The minimum Gasteiger partial charge on any atom is -0.399 e. The number of pyridine rings is 1. The lowest BCUT2D eigenvalue weighted by Crippen LogP contribution is -1.97. The Morgan fingerprint density at radius 3 is 2.89 bits per heavy atom. The van der Waals surface area contributed by atoms with E-state index >= 15 is 0 Å². The minimum absolute atomic E-state index is 0.759. The third-order valence-electron chi connectivity index (χ3n) is 2.94. The molecule has 0 saturated carbocycles. The van der Waals surface area contributed by atoms with Crippen molar-refractivity contribution in [1.82, 2.24) is 9.38 Å². The van der Waals surface area contributed by atoms with Crippen molar-refractivity contribution in [1.29, 1.82) is 0 Å². The Bertz CT molecular complexity index is 703. The van der Waals surface area contributed by atoms with Gasteiger partial charge in [0.2, 0.25) is 0 Å². The summed E-state index contributed by atoms with van der Waals surface area (Å²) in [6.07, 6.45) is 4.60. The topological polar surface area (TPSA) is 43.3 Å². The third kappa shape index (κ3) is 1.99. The molecule has 0 aliphatic heterocycles. The van der Waals surface area contributed by atoms with Gasteiger partial charge in [0.1, 0.15) is 5.82 Å². The number of rotatable bonds is 2. The maximum absolute atomic E-state index is 5.76. The number of nitrogen functional groups attached to an aromatic ring is 1. The molecule has 0 amide bonds. The summed E-state index contributed by atoms with van der Waals surface area (Å²) in [6, 6.07) is 12.0. The van der Waals surface area contributed by atoms with Crippen LogP contribution < -0.4 is 5.73 Å². The van der Waals surface area contributed by atoms with Gasteiger partial charge < -0.3 is 10.1 Å². The molecular formula is C14H12BrN3. The van der Waals surface area contributed by atoms with Crippen LogP contribution in [0.5, 0.6) is 0 Å². The fourth-order valence-electron chi connectivity index (χ4n) is 2.02. The van der Waals surface area contributed by atoms with Gasteiger partial charge in [-0.1, -0.05) is 34.1 Å². The van der Waals surface area contributed by atoms with Gasteiger partial charge in [0, 0.05) is 22.8 Å². The molecule has 0 saturated heterocycles. The smallest absolute Gasteiger partial charge is 0.117 e. The molecular weight excluding hydrogens is 290 g/mol. The lowest BCUT2D eigenvalue weighted by Gasteiger charge is -2.04. The van der Waals surface area contributed by atoms with Gasteiger partial charge in [-0.15, -0.1) is 0 Å². The standard InChI is InChI=1S/C14H12BrN3/c15-13-4-2-1-3-10(13)7-14-17-9-12-8-11(16)5-6-18(12)14/h1-6,8-9H,7,16H2. The maximum Gasteiger partial charge on any atom is 0.117 e. The molecule has 18 heavy (non-hydrogen) atoms. The summed E-state index contributed by atoms with van der Waals surface area (Å²) in [4.78, 5) is 4.46. The van der Waals surface area contributed by atoms with Crippen LogP contribution >= 0.6 is 15.9 Å². The van der Waals surface area contributed by atoms with Gasteiger partial charge in [-0.25, -0.2) is 4.98 Å². The summed E-state index contributed by atoms with van der Waals surface area (Å²) < 4.78 is 3.17. The van der Waals surface area contributed by atoms with Crippen LogP contribution in [0, 0.1) is 0 Å². The second-order valence-electron chi connectivity index (χ2n) is 4.20. The fourth-order valence-corrected chi connectivity index (χ4v) is 2.44. The van der Waals surface area contributed by atoms with E-state index in [1.807, 2.05) is 42.7 Å². The molecule has 3 aromatic rings. The SMILES string of the molecule is Nc1ccn2c(Cc3ccccc3Br)ncc2c1. The maximum atomic E-state index is 5.76. The van der Waals surface area contributed by atoms with E-state index in [0.29, 0.717) is 0 Å². The molecule has 1 aromatic carbocycles. The number of nitrogens with zero attached hydrogens (tertiary/aromatic N) is 2. The van der Waals surface area contributed by atoms with Gasteiger partial charge in [0.25, 0.3) is 0 Å². The van der Waals surface area contributed by atoms with Crippen molar-refractivity contribution >= 4 is 27.1 Å². The van der Waals surface area contributed by atoms with Crippen molar-refractivity contribution in [2.45, 2.75) is 6.42 Å². The van der Waals surface area contributed by atoms with Crippen LogP contribution in [0.2, 0.25) is 0 Å². The quantitative estimate of drug-likeness (QED) is 0.789. The molecule has 2 aromatic heterocycles. The molecule has 4 heteroatoms. The van der Waals surface area contributed by atoms with Crippen LogP contribution in [0.15, 0.2) is 53.3 Å². The van der Waals surface area contributed by atoms with Crippen LogP contribution in [0.4, 0.5) is 5.69 Å².